The minimum absolute atomic E-state index is 0.381. The summed E-state index contributed by atoms with van der Waals surface area (Å²) in [7, 11) is 1.36. The van der Waals surface area contributed by atoms with Gasteiger partial charge in [-0.15, -0.1) is 0 Å². The van der Waals surface area contributed by atoms with Crippen LogP contribution < -0.4 is 4.72 Å². The molecule has 0 aliphatic rings. The monoisotopic (exact) mass is 457 g/mol. The van der Waals surface area contributed by atoms with Crippen LogP contribution in [0.15, 0.2) is 59.0 Å². The molecular weight excluding hydrogens is 430 g/mol. The molecule has 2 rings (SSSR count). The smallest absolute Gasteiger partial charge is 0.337 e. The summed E-state index contributed by atoms with van der Waals surface area (Å²) in [5.41, 5.74) is 3.24. The van der Waals surface area contributed by atoms with Gasteiger partial charge in [0.2, 0.25) is 5.95 Å². The van der Waals surface area contributed by atoms with E-state index < -0.39 is 0 Å². The van der Waals surface area contributed by atoms with Gasteiger partial charge in [-0.1, -0.05) is 55.8 Å². The maximum Gasteiger partial charge on any atom is 0.337 e. The first-order chi connectivity index (χ1) is 14.8. The van der Waals surface area contributed by atoms with Crippen LogP contribution in [-0.2, 0) is 4.74 Å². The first-order valence-electron chi connectivity index (χ1n) is 9.99. The summed E-state index contributed by atoms with van der Waals surface area (Å²) in [6, 6.07) is 7.12. The van der Waals surface area contributed by atoms with Gasteiger partial charge in [0.15, 0.2) is 0 Å². The van der Waals surface area contributed by atoms with Crippen LogP contribution in [0.4, 0.5) is 5.95 Å². The van der Waals surface area contributed by atoms with Gasteiger partial charge in [0, 0.05) is 10.5 Å². The van der Waals surface area contributed by atoms with Crippen LogP contribution in [0, 0.1) is 12.8 Å². The van der Waals surface area contributed by atoms with E-state index >= 15 is 0 Å². The van der Waals surface area contributed by atoms with Crippen LogP contribution in [0.3, 0.4) is 0 Å². The molecule has 0 saturated carbocycles. The van der Waals surface area contributed by atoms with Crippen molar-refractivity contribution in [1.82, 2.24) is 9.97 Å². The number of allylic oxidation sites excluding steroid dienone is 5. The standard InChI is InChI=1S/C24H28ClN3O2S/c1-6-7-8-10-18(13-16(2)3)14-21-17(4)22(25)27-24(26-21)28-31-20-12-9-11-19(15-20)23(29)30-5/h6-12,14-16H,13H2,1-5H3,(H,26,27,28)/b7-6+,10-8-,18-14-. The fourth-order valence-electron chi connectivity index (χ4n) is 2.71. The third-order valence-corrected chi connectivity index (χ3v) is 5.36. The number of halogens is 1. The molecule has 0 spiro atoms. The van der Waals surface area contributed by atoms with E-state index in [9.17, 15) is 4.79 Å². The predicted octanol–water partition coefficient (Wildman–Crippen LogP) is 6.91. The Balaban J connectivity index is 2.28. The molecule has 31 heavy (non-hydrogen) atoms. The Hall–Kier alpha value is -2.57. The molecular formula is C24H28ClN3O2S. The number of carbonyl (C=O) groups is 1. The van der Waals surface area contributed by atoms with E-state index in [2.05, 4.69) is 40.7 Å². The molecule has 1 aromatic carbocycles. The van der Waals surface area contributed by atoms with Crippen molar-refractivity contribution in [2.24, 2.45) is 5.92 Å². The number of esters is 1. The quantitative estimate of drug-likeness (QED) is 0.191. The highest BCUT2D eigenvalue weighted by Crippen LogP contribution is 2.26. The van der Waals surface area contributed by atoms with Crippen molar-refractivity contribution in [2.75, 3.05) is 11.8 Å². The van der Waals surface area contributed by atoms with Crippen LogP contribution >= 0.6 is 23.5 Å². The van der Waals surface area contributed by atoms with Crippen molar-refractivity contribution in [1.29, 1.82) is 0 Å². The second kappa shape index (κ2) is 12.3. The summed E-state index contributed by atoms with van der Waals surface area (Å²) >= 11 is 7.68. The Bertz CT molecular complexity index is 1000. The molecule has 0 aliphatic carbocycles. The summed E-state index contributed by atoms with van der Waals surface area (Å²) in [6.45, 7) is 8.26. The number of hydrogen-bond donors (Lipinski definition) is 1. The number of nitrogens with one attached hydrogen (secondary N) is 1. The van der Waals surface area contributed by atoms with Gasteiger partial charge in [-0.3, -0.25) is 4.72 Å². The Labute approximate surface area is 193 Å². The zero-order valence-electron chi connectivity index (χ0n) is 18.5. The molecule has 1 heterocycles. The molecule has 0 bridgehead atoms. The van der Waals surface area contributed by atoms with Gasteiger partial charge >= 0.3 is 5.97 Å². The number of rotatable bonds is 9. The summed E-state index contributed by atoms with van der Waals surface area (Å²) in [6.07, 6.45) is 11.1. The molecule has 2 aromatic rings. The number of anilines is 1. The molecule has 0 amide bonds. The lowest BCUT2D eigenvalue weighted by molar-refractivity contribution is 0.0600. The lowest BCUT2D eigenvalue weighted by Gasteiger charge is -2.11. The molecule has 0 unspecified atom stereocenters. The van der Waals surface area contributed by atoms with Gasteiger partial charge in [-0.25, -0.2) is 14.8 Å². The van der Waals surface area contributed by atoms with Crippen molar-refractivity contribution in [3.63, 3.8) is 0 Å². The van der Waals surface area contributed by atoms with Crippen molar-refractivity contribution in [3.05, 3.63) is 76.1 Å². The van der Waals surface area contributed by atoms with E-state index in [0.717, 1.165) is 28.1 Å². The van der Waals surface area contributed by atoms with Crippen molar-refractivity contribution >= 4 is 41.5 Å². The Morgan fingerprint density at radius 3 is 2.74 bits per heavy atom. The van der Waals surface area contributed by atoms with Crippen LogP contribution in [0.1, 0.15) is 48.8 Å². The number of methoxy groups -OCH3 is 1. The fraction of sp³-hybridized carbons (Fsp3) is 0.292. The number of nitrogens with zero attached hydrogens (tertiary/aromatic N) is 2. The first kappa shape index (κ1) is 24.7. The van der Waals surface area contributed by atoms with E-state index in [0.29, 0.717) is 22.6 Å². The zero-order valence-corrected chi connectivity index (χ0v) is 20.1. The Morgan fingerprint density at radius 2 is 2.06 bits per heavy atom. The third kappa shape index (κ3) is 7.89. The lowest BCUT2D eigenvalue weighted by atomic mass is 10.0. The van der Waals surface area contributed by atoms with Gasteiger partial charge in [0.1, 0.15) is 5.15 Å². The number of carbonyl (C=O) groups excluding carboxylic acids is 1. The number of ether oxygens (including phenoxy) is 1. The van der Waals surface area contributed by atoms with Crippen LogP contribution in [0.25, 0.3) is 6.08 Å². The van der Waals surface area contributed by atoms with E-state index in [1.54, 1.807) is 18.2 Å². The molecule has 7 heteroatoms. The lowest BCUT2D eigenvalue weighted by Crippen LogP contribution is -2.02. The summed E-state index contributed by atoms with van der Waals surface area (Å²) in [5, 5.41) is 0.397. The van der Waals surface area contributed by atoms with Crippen molar-refractivity contribution in [3.8, 4) is 0 Å². The van der Waals surface area contributed by atoms with Gasteiger partial charge in [-0.05, 0) is 68.0 Å². The first-order valence-corrected chi connectivity index (χ1v) is 11.2. The maximum atomic E-state index is 11.7. The molecule has 0 saturated heterocycles. The van der Waals surface area contributed by atoms with E-state index in [-0.39, 0.29) is 5.97 Å². The highest BCUT2D eigenvalue weighted by Gasteiger charge is 2.11. The molecule has 0 atom stereocenters. The molecule has 164 valence electrons. The van der Waals surface area contributed by atoms with E-state index in [4.69, 9.17) is 16.3 Å². The summed E-state index contributed by atoms with van der Waals surface area (Å²) in [5.74, 6) is 0.527. The van der Waals surface area contributed by atoms with Crippen molar-refractivity contribution < 1.29 is 9.53 Å². The highest BCUT2D eigenvalue weighted by molar-refractivity contribution is 8.00. The molecule has 5 nitrogen and oxygen atoms in total. The van der Waals surface area contributed by atoms with Crippen LogP contribution in [0.2, 0.25) is 5.15 Å². The summed E-state index contributed by atoms with van der Waals surface area (Å²) in [4.78, 5) is 21.5. The number of hydrogen-bond acceptors (Lipinski definition) is 6. The van der Waals surface area contributed by atoms with Crippen LogP contribution in [0.5, 0.6) is 0 Å². The van der Waals surface area contributed by atoms with Gasteiger partial charge in [0.25, 0.3) is 0 Å². The maximum absolute atomic E-state index is 11.7. The molecule has 0 radical (unpaired) electrons. The molecule has 0 aliphatic heterocycles. The minimum atomic E-state index is -0.381. The second-order valence-electron chi connectivity index (χ2n) is 7.27. The molecule has 1 aromatic heterocycles. The Morgan fingerprint density at radius 1 is 1.29 bits per heavy atom. The van der Waals surface area contributed by atoms with Crippen molar-refractivity contribution in [2.45, 2.75) is 39.0 Å². The molecule has 0 fully saturated rings. The SMILES string of the molecule is C/C=C/C=C\C(=C\c1nc(NSc2cccc(C(=O)OC)c2)nc(Cl)c1C)CC(C)C. The van der Waals surface area contributed by atoms with Crippen LogP contribution in [-0.4, -0.2) is 23.0 Å². The molecule has 1 N–H and O–H groups in total. The topological polar surface area (TPSA) is 64.1 Å². The highest BCUT2D eigenvalue weighted by atomic mass is 35.5. The Kier molecular flexibility index (Phi) is 9.82. The normalized spacial score (nSPS) is 12.2. The fourth-order valence-corrected chi connectivity index (χ4v) is 3.52. The van der Waals surface area contributed by atoms with Gasteiger partial charge in [0.05, 0.1) is 18.4 Å². The predicted molar refractivity (Wildman–Crippen MR) is 130 cm³/mol. The average molecular weight is 458 g/mol. The van der Waals surface area contributed by atoms with Gasteiger partial charge < -0.3 is 4.74 Å². The zero-order chi connectivity index (χ0) is 22.8. The second-order valence-corrected chi connectivity index (χ2v) is 8.51. The number of aromatic nitrogens is 2. The number of benzene rings is 1. The van der Waals surface area contributed by atoms with E-state index in [1.807, 2.05) is 38.1 Å². The minimum Gasteiger partial charge on any atom is -0.465 e. The summed E-state index contributed by atoms with van der Waals surface area (Å²) < 4.78 is 7.89. The largest absolute Gasteiger partial charge is 0.465 e. The average Bonchev–Trinajstić information content (AvgIpc) is 2.74. The van der Waals surface area contributed by atoms with Gasteiger partial charge in [-0.2, -0.15) is 0 Å². The van der Waals surface area contributed by atoms with E-state index in [1.165, 1.54) is 19.1 Å². The third-order valence-electron chi connectivity index (χ3n) is 4.22.